The smallest absolute Gasteiger partial charge is 0.233 e. The maximum Gasteiger partial charge on any atom is 0.233 e. The Kier molecular flexibility index (Phi) is 5.94. The third-order valence-corrected chi connectivity index (χ3v) is 4.95. The average molecular weight is 347 g/mol. The van der Waals surface area contributed by atoms with Crippen LogP contribution in [0.3, 0.4) is 0 Å². The summed E-state index contributed by atoms with van der Waals surface area (Å²) in [5, 5.41) is 3.22. The fourth-order valence-corrected chi connectivity index (χ4v) is 3.04. The Morgan fingerprint density at radius 2 is 1.62 bits per heavy atom. The van der Waals surface area contributed by atoms with Gasteiger partial charge in [0.05, 0.1) is 11.3 Å². The molecule has 0 spiro atoms. The van der Waals surface area contributed by atoms with Crippen molar-refractivity contribution in [2.45, 2.75) is 51.1 Å². The van der Waals surface area contributed by atoms with Crippen molar-refractivity contribution in [3.63, 3.8) is 0 Å². The van der Waals surface area contributed by atoms with Crippen LogP contribution in [-0.4, -0.2) is 21.1 Å². The van der Waals surface area contributed by atoms with E-state index >= 15 is 0 Å². The molecule has 0 aliphatic carbocycles. The van der Waals surface area contributed by atoms with E-state index in [1.165, 1.54) is 23.9 Å². The van der Waals surface area contributed by atoms with Gasteiger partial charge in [0.25, 0.3) is 0 Å². The number of thioether (sulfide) groups is 1. The molecule has 6 heteroatoms. The number of aromatic nitrogens is 2. The van der Waals surface area contributed by atoms with Crippen LogP contribution in [0.5, 0.6) is 0 Å². The van der Waals surface area contributed by atoms with Gasteiger partial charge in [0.15, 0.2) is 5.16 Å². The lowest BCUT2D eigenvalue weighted by atomic mass is 10.1. The standard InChI is InChI=1S/C18H22FN3OS/c1-10-11(2)21-18(22-12(10)3)24-14(5)17(23)20-13(4)15-6-8-16(19)9-7-15/h6-9,13-14H,1-5H3,(H,20,23)/t13-,14-/m0/s1. The van der Waals surface area contributed by atoms with Crippen molar-refractivity contribution in [1.82, 2.24) is 15.3 Å². The van der Waals surface area contributed by atoms with Gasteiger partial charge in [-0.1, -0.05) is 23.9 Å². The Morgan fingerprint density at radius 1 is 1.08 bits per heavy atom. The molecule has 0 fully saturated rings. The van der Waals surface area contributed by atoms with Gasteiger partial charge in [-0.05, 0) is 57.9 Å². The van der Waals surface area contributed by atoms with Crippen molar-refractivity contribution in [3.05, 3.63) is 52.6 Å². The molecule has 24 heavy (non-hydrogen) atoms. The average Bonchev–Trinajstić information content (AvgIpc) is 2.52. The highest BCUT2D eigenvalue weighted by Gasteiger charge is 2.19. The Bertz CT molecular complexity index is 711. The number of benzene rings is 1. The van der Waals surface area contributed by atoms with Crippen molar-refractivity contribution in [2.75, 3.05) is 0 Å². The maximum atomic E-state index is 13.0. The second-order valence-electron chi connectivity index (χ2n) is 5.84. The van der Waals surface area contributed by atoms with Crippen molar-refractivity contribution >= 4 is 17.7 Å². The first kappa shape index (κ1) is 18.4. The molecule has 0 aliphatic rings. The molecule has 2 atom stereocenters. The van der Waals surface area contributed by atoms with Crippen LogP contribution in [0.4, 0.5) is 4.39 Å². The Labute approximate surface area is 146 Å². The number of nitrogens with zero attached hydrogens (tertiary/aromatic N) is 2. The summed E-state index contributed by atoms with van der Waals surface area (Å²) in [6, 6.07) is 5.94. The highest BCUT2D eigenvalue weighted by atomic mass is 32.2. The Hall–Kier alpha value is -1.95. The zero-order chi connectivity index (χ0) is 17.9. The highest BCUT2D eigenvalue weighted by molar-refractivity contribution is 8.00. The molecule has 0 radical (unpaired) electrons. The molecule has 1 aromatic heterocycles. The largest absolute Gasteiger partial charge is 0.349 e. The van der Waals surface area contributed by atoms with Gasteiger partial charge in [-0.3, -0.25) is 4.79 Å². The predicted molar refractivity (Wildman–Crippen MR) is 94.5 cm³/mol. The second-order valence-corrected chi connectivity index (χ2v) is 7.15. The van der Waals surface area contributed by atoms with Gasteiger partial charge in [0, 0.05) is 11.4 Å². The fraction of sp³-hybridized carbons (Fsp3) is 0.389. The molecule has 0 aliphatic heterocycles. The summed E-state index contributed by atoms with van der Waals surface area (Å²) in [5.74, 6) is -0.389. The van der Waals surface area contributed by atoms with Crippen LogP contribution >= 0.6 is 11.8 Å². The first-order chi connectivity index (χ1) is 11.3. The lowest BCUT2D eigenvalue weighted by molar-refractivity contribution is -0.120. The number of halogens is 1. The molecule has 1 amide bonds. The molecule has 128 valence electrons. The third kappa shape index (κ3) is 4.54. The van der Waals surface area contributed by atoms with Crippen molar-refractivity contribution in [2.24, 2.45) is 0 Å². The summed E-state index contributed by atoms with van der Waals surface area (Å²) >= 11 is 1.33. The SMILES string of the molecule is Cc1nc(S[C@@H](C)C(=O)N[C@@H](C)c2ccc(F)cc2)nc(C)c1C. The Morgan fingerprint density at radius 3 is 2.17 bits per heavy atom. The summed E-state index contributed by atoms with van der Waals surface area (Å²) in [6.07, 6.45) is 0. The first-order valence-electron chi connectivity index (χ1n) is 7.82. The topological polar surface area (TPSA) is 54.9 Å². The van der Waals surface area contributed by atoms with E-state index in [1.807, 2.05) is 34.6 Å². The summed E-state index contributed by atoms with van der Waals surface area (Å²) in [7, 11) is 0. The van der Waals surface area contributed by atoms with E-state index in [1.54, 1.807) is 12.1 Å². The number of nitrogens with one attached hydrogen (secondary N) is 1. The van der Waals surface area contributed by atoms with Crippen LogP contribution in [-0.2, 0) is 4.79 Å². The number of aryl methyl sites for hydroxylation is 2. The van der Waals surface area contributed by atoms with E-state index in [0.717, 1.165) is 22.5 Å². The molecule has 1 aromatic carbocycles. The molecule has 2 aromatic rings. The van der Waals surface area contributed by atoms with Crippen LogP contribution < -0.4 is 5.32 Å². The van der Waals surface area contributed by atoms with E-state index in [-0.39, 0.29) is 23.0 Å². The van der Waals surface area contributed by atoms with Crippen molar-refractivity contribution in [3.8, 4) is 0 Å². The van der Waals surface area contributed by atoms with Crippen LogP contribution in [0.1, 0.15) is 42.4 Å². The summed E-state index contributed by atoms with van der Waals surface area (Å²) in [6.45, 7) is 9.56. The number of rotatable bonds is 5. The van der Waals surface area contributed by atoms with E-state index in [2.05, 4.69) is 15.3 Å². The van der Waals surface area contributed by atoms with Crippen LogP contribution in [0.15, 0.2) is 29.4 Å². The molecule has 4 nitrogen and oxygen atoms in total. The fourth-order valence-electron chi connectivity index (χ4n) is 2.17. The van der Waals surface area contributed by atoms with Gasteiger partial charge < -0.3 is 5.32 Å². The number of hydrogen-bond donors (Lipinski definition) is 1. The third-order valence-electron chi connectivity index (χ3n) is 3.99. The zero-order valence-electron chi connectivity index (χ0n) is 14.6. The lowest BCUT2D eigenvalue weighted by Gasteiger charge is -2.17. The quantitative estimate of drug-likeness (QED) is 0.658. The van der Waals surface area contributed by atoms with Crippen LogP contribution in [0, 0.1) is 26.6 Å². The van der Waals surface area contributed by atoms with Gasteiger partial charge >= 0.3 is 0 Å². The van der Waals surface area contributed by atoms with Gasteiger partial charge in [-0.25, -0.2) is 14.4 Å². The number of carbonyl (C=O) groups is 1. The molecular weight excluding hydrogens is 325 g/mol. The summed E-state index contributed by atoms with van der Waals surface area (Å²) in [5.41, 5.74) is 3.79. The minimum Gasteiger partial charge on any atom is -0.349 e. The first-order valence-corrected chi connectivity index (χ1v) is 8.70. The van der Waals surface area contributed by atoms with E-state index in [4.69, 9.17) is 0 Å². The molecule has 1 N–H and O–H groups in total. The number of hydrogen-bond acceptors (Lipinski definition) is 4. The van der Waals surface area contributed by atoms with Crippen molar-refractivity contribution < 1.29 is 9.18 Å². The minimum absolute atomic E-state index is 0.101. The summed E-state index contributed by atoms with van der Waals surface area (Å²) < 4.78 is 13.0. The molecule has 0 saturated heterocycles. The molecule has 0 unspecified atom stereocenters. The lowest BCUT2D eigenvalue weighted by Crippen LogP contribution is -2.33. The van der Waals surface area contributed by atoms with Crippen molar-refractivity contribution in [1.29, 1.82) is 0 Å². The molecule has 0 bridgehead atoms. The number of amides is 1. The van der Waals surface area contributed by atoms with E-state index in [9.17, 15) is 9.18 Å². The van der Waals surface area contributed by atoms with Gasteiger partial charge in [-0.2, -0.15) is 0 Å². The normalized spacial score (nSPS) is 13.4. The minimum atomic E-state index is -0.325. The molecule has 1 heterocycles. The van der Waals surface area contributed by atoms with Crippen LogP contribution in [0.2, 0.25) is 0 Å². The van der Waals surface area contributed by atoms with E-state index < -0.39 is 0 Å². The van der Waals surface area contributed by atoms with E-state index in [0.29, 0.717) is 5.16 Å². The van der Waals surface area contributed by atoms with Gasteiger partial charge in [0.2, 0.25) is 5.91 Å². The maximum absolute atomic E-state index is 13.0. The Balaban J connectivity index is 2.00. The molecule has 2 rings (SSSR count). The second kappa shape index (κ2) is 7.75. The highest BCUT2D eigenvalue weighted by Crippen LogP contribution is 2.23. The molecular formula is C18H22FN3OS. The zero-order valence-corrected chi connectivity index (χ0v) is 15.4. The van der Waals surface area contributed by atoms with Crippen LogP contribution in [0.25, 0.3) is 0 Å². The predicted octanol–water partition coefficient (Wildman–Crippen LogP) is 3.90. The molecule has 0 saturated carbocycles. The number of carbonyl (C=O) groups excluding carboxylic acids is 1. The monoisotopic (exact) mass is 347 g/mol. The van der Waals surface area contributed by atoms with Gasteiger partial charge in [-0.15, -0.1) is 0 Å². The van der Waals surface area contributed by atoms with Gasteiger partial charge in [0.1, 0.15) is 5.82 Å². The summed E-state index contributed by atoms with van der Waals surface area (Å²) in [4.78, 5) is 21.2.